The van der Waals surface area contributed by atoms with Gasteiger partial charge in [0.15, 0.2) is 11.6 Å². The predicted molar refractivity (Wildman–Crippen MR) is 72.8 cm³/mol. The van der Waals surface area contributed by atoms with E-state index in [0.717, 1.165) is 32.4 Å². The van der Waals surface area contributed by atoms with Crippen molar-refractivity contribution >= 4 is 11.8 Å². The molecule has 2 unspecified atom stereocenters. The van der Waals surface area contributed by atoms with Crippen LogP contribution in [-0.4, -0.2) is 35.3 Å². The molecule has 0 bridgehead atoms. The van der Waals surface area contributed by atoms with Gasteiger partial charge in [0.1, 0.15) is 0 Å². The van der Waals surface area contributed by atoms with Gasteiger partial charge in [0, 0.05) is 13.2 Å². The Labute approximate surface area is 113 Å². The van der Waals surface area contributed by atoms with Gasteiger partial charge in [-0.2, -0.15) is 4.98 Å². The SMILES string of the molecule is CCCNc1ncc(F)c(NC(C)C2CCCO2)n1. The lowest BCUT2D eigenvalue weighted by Gasteiger charge is -2.20. The largest absolute Gasteiger partial charge is 0.376 e. The molecule has 0 spiro atoms. The molecule has 19 heavy (non-hydrogen) atoms. The lowest BCUT2D eigenvalue weighted by atomic mass is 10.1. The van der Waals surface area contributed by atoms with Crippen molar-refractivity contribution in [2.24, 2.45) is 0 Å². The van der Waals surface area contributed by atoms with Gasteiger partial charge in [-0.3, -0.25) is 0 Å². The summed E-state index contributed by atoms with van der Waals surface area (Å²) >= 11 is 0. The molecule has 0 saturated carbocycles. The maximum atomic E-state index is 13.7. The van der Waals surface area contributed by atoms with E-state index in [1.165, 1.54) is 6.20 Å². The van der Waals surface area contributed by atoms with Gasteiger partial charge in [0.25, 0.3) is 0 Å². The maximum absolute atomic E-state index is 13.7. The van der Waals surface area contributed by atoms with Crippen molar-refractivity contribution in [3.8, 4) is 0 Å². The molecule has 0 aromatic carbocycles. The van der Waals surface area contributed by atoms with E-state index in [1.807, 2.05) is 6.92 Å². The third-order valence-electron chi connectivity index (χ3n) is 3.16. The summed E-state index contributed by atoms with van der Waals surface area (Å²) in [6.45, 7) is 5.59. The normalized spacial score (nSPS) is 20.3. The maximum Gasteiger partial charge on any atom is 0.224 e. The summed E-state index contributed by atoms with van der Waals surface area (Å²) in [5, 5.41) is 6.12. The Hall–Kier alpha value is -1.43. The molecule has 5 nitrogen and oxygen atoms in total. The second kappa shape index (κ2) is 6.65. The zero-order chi connectivity index (χ0) is 13.7. The molecule has 1 fully saturated rings. The van der Waals surface area contributed by atoms with E-state index in [1.54, 1.807) is 0 Å². The Kier molecular flexibility index (Phi) is 4.90. The van der Waals surface area contributed by atoms with Crippen LogP contribution in [0.1, 0.15) is 33.1 Å². The van der Waals surface area contributed by atoms with Crippen LogP contribution >= 0.6 is 0 Å². The van der Waals surface area contributed by atoms with Gasteiger partial charge in [0.05, 0.1) is 18.3 Å². The minimum atomic E-state index is -0.438. The smallest absolute Gasteiger partial charge is 0.224 e. The highest BCUT2D eigenvalue weighted by Gasteiger charge is 2.23. The Bertz CT molecular complexity index is 410. The zero-order valence-electron chi connectivity index (χ0n) is 11.4. The highest BCUT2D eigenvalue weighted by Crippen LogP contribution is 2.20. The molecule has 1 saturated heterocycles. The van der Waals surface area contributed by atoms with E-state index in [-0.39, 0.29) is 18.0 Å². The third kappa shape index (κ3) is 3.76. The number of aromatic nitrogens is 2. The Morgan fingerprint density at radius 3 is 3.11 bits per heavy atom. The van der Waals surface area contributed by atoms with Gasteiger partial charge in [0.2, 0.25) is 5.95 Å². The highest BCUT2D eigenvalue weighted by molar-refractivity contribution is 5.42. The molecule has 2 rings (SSSR count). The molecule has 106 valence electrons. The first-order valence-corrected chi connectivity index (χ1v) is 6.85. The van der Waals surface area contributed by atoms with E-state index in [4.69, 9.17) is 4.74 Å². The van der Waals surface area contributed by atoms with Gasteiger partial charge in [-0.05, 0) is 26.2 Å². The molecule has 2 heterocycles. The summed E-state index contributed by atoms with van der Waals surface area (Å²) in [5.41, 5.74) is 0. The Morgan fingerprint density at radius 1 is 1.58 bits per heavy atom. The molecule has 0 amide bonds. The number of nitrogens with one attached hydrogen (secondary N) is 2. The summed E-state index contributed by atoms with van der Waals surface area (Å²) in [4.78, 5) is 8.07. The highest BCUT2D eigenvalue weighted by atomic mass is 19.1. The molecule has 1 aliphatic rings. The minimum Gasteiger partial charge on any atom is -0.376 e. The standard InChI is InChI=1S/C13H21FN4O/c1-3-6-15-13-16-8-10(14)12(18-13)17-9(2)11-5-4-7-19-11/h8-9,11H,3-7H2,1-2H3,(H2,15,16,17,18). The molecular formula is C13H21FN4O. The molecule has 2 atom stereocenters. The number of hydrogen-bond donors (Lipinski definition) is 2. The van der Waals surface area contributed by atoms with Crippen LogP contribution in [0, 0.1) is 5.82 Å². The average Bonchev–Trinajstić information content (AvgIpc) is 2.93. The number of anilines is 2. The Balaban J connectivity index is 2.01. The van der Waals surface area contributed by atoms with E-state index in [9.17, 15) is 4.39 Å². The Morgan fingerprint density at radius 2 is 2.42 bits per heavy atom. The third-order valence-corrected chi connectivity index (χ3v) is 3.16. The van der Waals surface area contributed by atoms with Crippen molar-refractivity contribution in [2.75, 3.05) is 23.8 Å². The lowest BCUT2D eigenvalue weighted by molar-refractivity contribution is 0.0995. The van der Waals surface area contributed by atoms with Gasteiger partial charge >= 0.3 is 0 Å². The fraction of sp³-hybridized carbons (Fsp3) is 0.692. The van der Waals surface area contributed by atoms with Gasteiger partial charge < -0.3 is 15.4 Å². The summed E-state index contributed by atoms with van der Waals surface area (Å²) in [7, 11) is 0. The molecular weight excluding hydrogens is 247 g/mol. The van der Waals surface area contributed by atoms with Crippen LogP contribution in [-0.2, 0) is 4.74 Å². The van der Waals surface area contributed by atoms with E-state index in [0.29, 0.717) is 5.95 Å². The molecule has 6 heteroatoms. The first kappa shape index (κ1) is 14.0. The van der Waals surface area contributed by atoms with E-state index in [2.05, 4.69) is 27.5 Å². The van der Waals surface area contributed by atoms with Crippen LogP contribution in [0.5, 0.6) is 0 Å². The van der Waals surface area contributed by atoms with E-state index >= 15 is 0 Å². The number of nitrogens with zero attached hydrogens (tertiary/aromatic N) is 2. The molecule has 1 aromatic heterocycles. The molecule has 1 aliphatic heterocycles. The van der Waals surface area contributed by atoms with Gasteiger partial charge in [-0.1, -0.05) is 6.92 Å². The van der Waals surface area contributed by atoms with Crippen LogP contribution in [0.3, 0.4) is 0 Å². The van der Waals surface area contributed by atoms with Crippen LogP contribution in [0.15, 0.2) is 6.20 Å². The van der Waals surface area contributed by atoms with Gasteiger partial charge in [-0.25, -0.2) is 9.37 Å². The summed E-state index contributed by atoms with van der Waals surface area (Å²) in [5.74, 6) is 0.244. The van der Waals surface area contributed by atoms with Crippen molar-refractivity contribution in [1.82, 2.24) is 9.97 Å². The van der Waals surface area contributed by atoms with Crippen molar-refractivity contribution in [1.29, 1.82) is 0 Å². The number of rotatable bonds is 6. The predicted octanol–water partition coefficient (Wildman–Crippen LogP) is 2.42. The molecule has 2 N–H and O–H groups in total. The van der Waals surface area contributed by atoms with Crippen LogP contribution in [0.25, 0.3) is 0 Å². The van der Waals surface area contributed by atoms with E-state index < -0.39 is 5.82 Å². The number of ether oxygens (including phenoxy) is 1. The van der Waals surface area contributed by atoms with Crippen molar-refractivity contribution < 1.29 is 9.13 Å². The molecule has 0 aliphatic carbocycles. The quantitative estimate of drug-likeness (QED) is 0.829. The fourth-order valence-corrected chi connectivity index (χ4v) is 2.10. The first-order chi connectivity index (χ1) is 9.20. The van der Waals surface area contributed by atoms with Crippen LogP contribution < -0.4 is 10.6 Å². The average molecular weight is 268 g/mol. The lowest BCUT2D eigenvalue weighted by Crippen LogP contribution is -2.31. The van der Waals surface area contributed by atoms with Gasteiger partial charge in [-0.15, -0.1) is 0 Å². The minimum absolute atomic E-state index is 0.0333. The zero-order valence-corrected chi connectivity index (χ0v) is 11.4. The summed E-state index contributed by atoms with van der Waals surface area (Å²) in [6.07, 6.45) is 4.35. The van der Waals surface area contributed by atoms with Crippen LogP contribution in [0.4, 0.5) is 16.2 Å². The molecule has 0 radical (unpaired) electrons. The molecule has 1 aromatic rings. The second-order valence-electron chi connectivity index (χ2n) is 4.80. The first-order valence-electron chi connectivity index (χ1n) is 6.85. The van der Waals surface area contributed by atoms with Crippen LogP contribution in [0.2, 0.25) is 0 Å². The van der Waals surface area contributed by atoms with Crippen molar-refractivity contribution in [3.05, 3.63) is 12.0 Å². The monoisotopic (exact) mass is 268 g/mol. The van der Waals surface area contributed by atoms with Crippen molar-refractivity contribution in [3.63, 3.8) is 0 Å². The fourth-order valence-electron chi connectivity index (χ4n) is 2.10. The van der Waals surface area contributed by atoms with Crippen molar-refractivity contribution in [2.45, 2.75) is 45.3 Å². The number of halogens is 1. The topological polar surface area (TPSA) is 59.1 Å². The summed E-state index contributed by atoms with van der Waals surface area (Å²) < 4.78 is 19.3. The number of hydrogen-bond acceptors (Lipinski definition) is 5. The second-order valence-corrected chi connectivity index (χ2v) is 4.80. The summed E-state index contributed by atoms with van der Waals surface area (Å²) in [6, 6.07) is 0.0333.